The van der Waals surface area contributed by atoms with Gasteiger partial charge in [-0.05, 0) is 60.6 Å². The van der Waals surface area contributed by atoms with Crippen LogP contribution in [0, 0.1) is 11.7 Å². The number of hydrogen-bond donors (Lipinski definition) is 1. The molecule has 27 heavy (non-hydrogen) atoms. The Bertz CT molecular complexity index is 885. The SMILES string of the molecule is NC(=O)C1=C(c2ccc(F)cc2)c2cc(CCOCC3CC3)ccc2OC1. The minimum Gasteiger partial charge on any atom is -0.488 e. The lowest BCUT2D eigenvalue weighted by molar-refractivity contribution is -0.114. The predicted octanol–water partition coefficient (Wildman–Crippen LogP) is 3.47. The molecule has 2 N–H and O–H groups in total. The van der Waals surface area contributed by atoms with Gasteiger partial charge in [0.25, 0.3) is 0 Å². The van der Waals surface area contributed by atoms with Gasteiger partial charge in [-0.1, -0.05) is 18.2 Å². The molecule has 0 aromatic heterocycles. The molecule has 140 valence electrons. The summed E-state index contributed by atoms with van der Waals surface area (Å²) in [6.45, 7) is 1.61. The van der Waals surface area contributed by atoms with Crippen LogP contribution in [-0.2, 0) is 16.0 Å². The van der Waals surface area contributed by atoms with Crippen molar-refractivity contribution in [2.75, 3.05) is 19.8 Å². The van der Waals surface area contributed by atoms with Crippen LogP contribution in [0.15, 0.2) is 48.0 Å². The maximum absolute atomic E-state index is 13.4. The largest absolute Gasteiger partial charge is 0.488 e. The van der Waals surface area contributed by atoms with Crippen LogP contribution < -0.4 is 10.5 Å². The molecule has 1 aliphatic carbocycles. The third-order valence-corrected chi connectivity index (χ3v) is 5.00. The predicted molar refractivity (Wildman–Crippen MR) is 101 cm³/mol. The fraction of sp³-hybridized carbons (Fsp3) is 0.318. The van der Waals surface area contributed by atoms with E-state index in [-0.39, 0.29) is 12.4 Å². The summed E-state index contributed by atoms with van der Waals surface area (Å²) in [4.78, 5) is 12.0. The highest BCUT2D eigenvalue weighted by Crippen LogP contribution is 2.38. The van der Waals surface area contributed by atoms with E-state index in [2.05, 4.69) is 0 Å². The van der Waals surface area contributed by atoms with Crippen LogP contribution in [0.4, 0.5) is 4.39 Å². The summed E-state index contributed by atoms with van der Waals surface area (Å²) >= 11 is 0. The van der Waals surface area contributed by atoms with E-state index >= 15 is 0 Å². The van der Waals surface area contributed by atoms with Gasteiger partial charge in [-0.3, -0.25) is 4.79 Å². The molecular formula is C22H22FNO3. The van der Waals surface area contributed by atoms with Gasteiger partial charge < -0.3 is 15.2 Å². The minimum absolute atomic E-state index is 0.110. The fourth-order valence-corrected chi connectivity index (χ4v) is 3.30. The summed E-state index contributed by atoms with van der Waals surface area (Å²) < 4.78 is 24.8. The molecule has 1 fully saturated rings. The summed E-state index contributed by atoms with van der Waals surface area (Å²) in [5.74, 6) is 0.585. The number of carbonyl (C=O) groups excluding carboxylic acids is 1. The number of rotatable bonds is 7. The van der Waals surface area contributed by atoms with Crippen molar-refractivity contribution in [1.29, 1.82) is 0 Å². The summed E-state index contributed by atoms with van der Waals surface area (Å²) in [7, 11) is 0. The molecule has 1 heterocycles. The Morgan fingerprint density at radius 1 is 1.19 bits per heavy atom. The van der Waals surface area contributed by atoms with Gasteiger partial charge in [0.2, 0.25) is 5.91 Å². The van der Waals surface area contributed by atoms with Crippen molar-refractivity contribution in [3.8, 4) is 5.75 Å². The zero-order valence-corrected chi connectivity index (χ0v) is 15.0. The Morgan fingerprint density at radius 3 is 2.67 bits per heavy atom. The molecule has 1 amide bonds. The zero-order valence-electron chi connectivity index (χ0n) is 15.0. The Hall–Kier alpha value is -2.66. The Kier molecular flexibility index (Phi) is 4.94. The lowest BCUT2D eigenvalue weighted by atomic mass is 9.89. The van der Waals surface area contributed by atoms with Crippen molar-refractivity contribution in [2.45, 2.75) is 19.3 Å². The number of halogens is 1. The van der Waals surface area contributed by atoms with Gasteiger partial charge in [-0.15, -0.1) is 0 Å². The highest BCUT2D eigenvalue weighted by Gasteiger charge is 2.25. The number of primary amides is 1. The van der Waals surface area contributed by atoms with Gasteiger partial charge in [-0.25, -0.2) is 4.39 Å². The average Bonchev–Trinajstić information content (AvgIpc) is 3.49. The molecule has 0 saturated heterocycles. The monoisotopic (exact) mass is 367 g/mol. The average molecular weight is 367 g/mol. The second kappa shape index (κ2) is 7.53. The van der Waals surface area contributed by atoms with E-state index in [0.717, 1.165) is 35.6 Å². The van der Waals surface area contributed by atoms with Gasteiger partial charge in [0.05, 0.1) is 12.2 Å². The standard InChI is InChI=1S/C22H22FNO3/c23-17-6-4-16(5-7-17)21-18-11-14(9-10-26-12-15-1-2-15)3-8-20(18)27-13-19(21)22(24)25/h3-8,11,15H,1-2,9-10,12-13H2,(H2,24,25). The molecule has 0 atom stereocenters. The van der Waals surface area contributed by atoms with E-state index in [1.54, 1.807) is 12.1 Å². The minimum atomic E-state index is -0.529. The Balaban J connectivity index is 1.64. The highest BCUT2D eigenvalue weighted by atomic mass is 19.1. The molecule has 2 aromatic carbocycles. The molecule has 1 saturated carbocycles. The van der Waals surface area contributed by atoms with Crippen LogP contribution in [0.5, 0.6) is 5.75 Å². The van der Waals surface area contributed by atoms with Gasteiger partial charge in [0.1, 0.15) is 18.2 Å². The number of amides is 1. The number of fused-ring (bicyclic) bond motifs is 1. The molecule has 5 heteroatoms. The molecule has 0 bridgehead atoms. The molecular weight excluding hydrogens is 345 g/mol. The van der Waals surface area contributed by atoms with Gasteiger partial charge in [-0.2, -0.15) is 0 Å². The van der Waals surface area contributed by atoms with Crippen molar-refractivity contribution in [1.82, 2.24) is 0 Å². The van der Waals surface area contributed by atoms with Crippen LogP contribution in [0.2, 0.25) is 0 Å². The van der Waals surface area contributed by atoms with Crippen LogP contribution in [0.3, 0.4) is 0 Å². The molecule has 2 aromatic rings. The summed E-state index contributed by atoms with van der Waals surface area (Å²) in [6, 6.07) is 12.0. The second-order valence-corrected chi connectivity index (χ2v) is 7.11. The van der Waals surface area contributed by atoms with Crippen molar-refractivity contribution in [3.05, 3.63) is 70.5 Å². The Morgan fingerprint density at radius 2 is 1.96 bits per heavy atom. The number of nitrogens with two attached hydrogens (primary N) is 1. The zero-order chi connectivity index (χ0) is 18.8. The third-order valence-electron chi connectivity index (χ3n) is 5.00. The number of benzene rings is 2. The quantitative estimate of drug-likeness (QED) is 0.762. The maximum atomic E-state index is 13.4. The van der Waals surface area contributed by atoms with Crippen LogP contribution in [0.25, 0.3) is 5.57 Å². The van der Waals surface area contributed by atoms with E-state index in [0.29, 0.717) is 23.5 Å². The van der Waals surface area contributed by atoms with E-state index in [9.17, 15) is 9.18 Å². The molecule has 0 unspecified atom stereocenters. The summed E-state index contributed by atoms with van der Waals surface area (Å²) in [5.41, 5.74) is 9.34. The lowest BCUT2D eigenvalue weighted by Crippen LogP contribution is -2.24. The van der Waals surface area contributed by atoms with E-state index in [1.165, 1.54) is 25.0 Å². The molecule has 4 rings (SSSR count). The highest BCUT2D eigenvalue weighted by molar-refractivity contribution is 6.05. The van der Waals surface area contributed by atoms with Crippen molar-refractivity contribution < 1.29 is 18.7 Å². The topological polar surface area (TPSA) is 61.6 Å². The van der Waals surface area contributed by atoms with E-state index in [1.807, 2.05) is 18.2 Å². The Labute approximate surface area is 157 Å². The number of carbonyl (C=O) groups is 1. The fourth-order valence-electron chi connectivity index (χ4n) is 3.30. The molecule has 0 radical (unpaired) electrons. The van der Waals surface area contributed by atoms with Crippen LogP contribution >= 0.6 is 0 Å². The normalized spacial score (nSPS) is 16.0. The van der Waals surface area contributed by atoms with Crippen LogP contribution in [-0.4, -0.2) is 25.7 Å². The van der Waals surface area contributed by atoms with Gasteiger partial charge in [0, 0.05) is 17.7 Å². The first-order valence-corrected chi connectivity index (χ1v) is 9.24. The van der Waals surface area contributed by atoms with Crippen molar-refractivity contribution >= 4 is 11.5 Å². The summed E-state index contributed by atoms with van der Waals surface area (Å²) in [5, 5.41) is 0. The van der Waals surface area contributed by atoms with E-state index in [4.69, 9.17) is 15.2 Å². The third kappa shape index (κ3) is 4.03. The van der Waals surface area contributed by atoms with Crippen LogP contribution in [0.1, 0.15) is 29.5 Å². The lowest BCUT2D eigenvalue weighted by Gasteiger charge is -2.24. The first-order valence-electron chi connectivity index (χ1n) is 9.24. The summed E-state index contributed by atoms with van der Waals surface area (Å²) in [6.07, 6.45) is 3.33. The molecule has 1 aliphatic heterocycles. The molecule has 2 aliphatic rings. The molecule has 4 nitrogen and oxygen atoms in total. The van der Waals surface area contributed by atoms with Crippen molar-refractivity contribution in [2.24, 2.45) is 11.7 Å². The second-order valence-electron chi connectivity index (χ2n) is 7.11. The number of ether oxygens (including phenoxy) is 2. The smallest absolute Gasteiger partial charge is 0.248 e. The van der Waals surface area contributed by atoms with Crippen molar-refractivity contribution in [3.63, 3.8) is 0 Å². The van der Waals surface area contributed by atoms with Gasteiger partial charge in [0.15, 0.2) is 0 Å². The molecule has 0 spiro atoms. The maximum Gasteiger partial charge on any atom is 0.248 e. The van der Waals surface area contributed by atoms with Gasteiger partial charge >= 0.3 is 0 Å². The number of hydrogen-bond acceptors (Lipinski definition) is 3. The first-order chi connectivity index (χ1) is 13.1. The van der Waals surface area contributed by atoms with E-state index < -0.39 is 5.91 Å². The first kappa shape index (κ1) is 17.7.